The summed E-state index contributed by atoms with van der Waals surface area (Å²) in [5.41, 5.74) is 5.14. The largest absolute Gasteiger partial charge is 0.435 e. The molecule has 1 unspecified atom stereocenters. The van der Waals surface area contributed by atoms with E-state index in [1.165, 1.54) is 10.7 Å². The second kappa shape index (κ2) is 5.04. The molecule has 1 aliphatic heterocycles. The Kier molecular flexibility index (Phi) is 3.85. The molecule has 1 aromatic heterocycles. The average Bonchev–Trinajstić information content (AvgIpc) is 2.81. The molecule has 114 valence electrons. The molecular weight excluding hydrogens is 269 g/mol. The molecule has 1 aliphatic rings. The molecule has 2 rings (SSSR count). The third-order valence-corrected chi connectivity index (χ3v) is 3.47. The monoisotopic (exact) mass is 290 g/mol. The maximum atomic E-state index is 12.9. The van der Waals surface area contributed by atoms with Crippen LogP contribution in [0, 0.1) is 0 Å². The number of nitrogens with two attached hydrogens (primary N) is 1. The van der Waals surface area contributed by atoms with Crippen molar-refractivity contribution in [1.82, 2.24) is 14.7 Å². The SMILES string of the molecule is CN1CCC(c2cc(C(F)(F)F)nn2CC(C)(C)N)C1. The van der Waals surface area contributed by atoms with Gasteiger partial charge < -0.3 is 10.6 Å². The molecule has 4 nitrogen and oxygen atoms in total. The van der Waals surface area contributed by atoms with Crippen molar-refractivity contribution in [3.05, 3.63) is 17.5 Å². The van der Waals surface area contributed by atoms with Crippen molar-refractivity contribution < 1.29 is 13.2 Å². The normalized spacial score (nSPS) is 21.6. The van der Waals surface area contributed by atoms with Gasteiger partial charge in [-0.1, -0.05) is 0 Å². The molecule has 1 atom stereocenters. The van der Waals surface area contributed by atoms with Crippen LogP contribution in [0.15, 0.2) is 6.07 Å². The van der Waals surface area contributed by atoms with Gasteiger partial charge in [-0.05, 0) is 39.9 Å². The van der Waals surface area contributed by atoms with E-state index in [1.54, 1.807) is 13.8 Å². The lowest BCUT2D eigenvalue weighted by molar-refractivity contribution is -0.141. The van der Waals surface area contributed by atoms with Gasteiger partial charge in [0.15, 0.2) is 5.69 Å². The third kappa shape index (κ3) is 3.52. The Morgan fingerprint density at radius 1 is 1.40 bits per heavy atom. The quantitative estimate of drug-likeness (QED) is 0.927. The first-order chi connectivity index (χ1) is 9.06. The van der Waals surface area contributed by atoms with E-state index in [2.05, 4.69) is 10.00 Å². The van der Waals surface area contributed by atoms with Crippen LogP contribution in [0.3, 0.4) is 0 Å². The zero-order valence-corrected chi connectivity index (χ0v) is 12.0. The number of hydrogen-bond acceptors (Lipinski definition) is 3. The van der Waals surface area contributed by atoms with E-state index >= 15 is 0 Å². The second-order valence-electron chi connectivity index (χ2n) is 6.35. The fourth-order valence-corrected chi connectivity index (χ4v) is 2.59. The van der Waals surface area contributed by atoms with E-state index in [0.29, 0.717) is 5.69 Å². The van der Waals surface area contributed by atoms with Gasteiger partial charge in [0.2, 0.25) is 0 Å². The van der Waals surface area contributed by atoms with Gasteiger partial charge in [0, 0.05) is 23.7 Å². The van der Waals surface area contributed by atoms with Gasteiger partial charge in [-0.2, -0.15) is 18.3 Å². The Bertz CT molecular complexity index is 473. The minimum Gasteiger partial charge on any atom is -0.324 e. The first-order valence-corrected chi connectivity index (χ1v) is 6.68. The van der Waals surface area contributed by atoms with Crippen LogP contribution in [0.2, 0.25) is 0 Å². The zero-order valence-electron chi connectivity index (χ0n) is 12.0. The van der Waals surface area contributed by atoms with E-state index in [1.807, 2.05) is 7.05 Å². The highest BCUT2D eigenvalue weighted by Gasteiger charge is 2.37. The van der Waals surface area contributed by atoms with E-state index in [4.69, 9.17) is 5.73 Å². The standard InChI is InChI=1S/C13H21F3N4/c1-12(2,17)8-20-10(9-4-5-19(3)7-9)6-11(18-20)13(14,15)16/h6,9H,4-5,7-8,17H2,1-3H3. The highest BCUT2D eigenvalue weighted by molar-refractivity contribution is 5.19. The van der Waals surface area contributed by atoms with E-state index in [-0.39, 0.29) is 12.5 Å². The third-order valence-electron chi connectivity index (χ3n) is 3.47. The van der Waals surface area contributed by atoms with Gasteiger partial charge in [-0.3, -0.25) is 4.68 Å². The number of halogens is 3. The van der Waals surface area contributed by atoms with E-state index in [0.717, 1.165) is 19.5 Å². The van der Waals surface area contributed by atoms with Crippen LogP contribution in [0.1, 0.15) is 37.6 Å². The Hall–Kier alpha value is -1.08. The summed E-state index contributed by atoms with van der Waals surface area (Å²) in [7, 11) is 1.97. The summed E-state index contributed by atoms with van der Waals surface area (Å²) in [5, 5.41) is 3.73. The first kappa shape index (κ1) is 15.3. The number of likely N-dealkylation sites (tertiary alicyclic amines) is 1. The van der Waals surface area contributed by atoms with Gasteiger partial charge in [0.25, 0.3) is 0 Å². The molecule has 0 aliphatic carbocycles. The molecule has 2 N–H and O–H groups in total. The van der Waals surface area contributed by atoms with E-state index in [9.17, 15) is 13.2 Å². The van der Waals surface area contributed by atoms with Crippen LogP contribution in [-0.4, -0.2) is 40.4 Å². The summed E-state index contributed by atoms with van der Waals surface area (Å²) in [4.78, 5) is 2.11. The van der Waals surface area contributed by atoms with Gasteiger partial charge >= 0.3 is 6.18 Å². The minimum absolute atomic E-state index is 0.0888. The van der Waals surface area contributed by atoms with Crippen molar-refractivity contribution in [1.29, 1.82) is 0 Å². The number of alkyl halides is 3. The number of aromatic nitrogens is 2. The van der Waals surface area contributed by atoms with Gasteiger partial charge in [-0.15, -0.1) is 0 Å². The Balaban J connectivity index is 2.34. The Morgan fingerprint density at radius 3 is 2.50 bits per heavy atom. The topological polar surface area (TPSA) is 47.1 Å². The van der Waals surface area contributed by atoms with Crippen LogP contribution < -0.4 is 5.73 Å². The highest BCUT2D eigenvalue weighted by atomic mass is 19.4. The van der Waals surface area contributed by atoms with Gasteiger partial charge in [-0.25, -0.2) is 0 Å². The maximum Gasteiger partial charge on any atom is 0.435 e. The molecule has 2 heterocycles. The molecule has 0 spiro atoms. The molecular formula is C13H21F3N4. The molecule has 1 saturated heterocycles. The Morgan fingerprint density at radius 2 is 2.05 bits per heavy atom. The van der Waals surface area contributed by atoms with Crippen molar-refractivity contribution in [2.45, 2.75) is 44.4 Å². The second-order valence-corrected chi connectivity index (χ2v) is 6.35. The minimum atomic E-state index is -4.41. The van der Waals surface area contributed by atoms with Crippen molar-refractivity contribution in [2.24, 2.45) is 5.73 Å². The summed E-state index contributed by atoms with van der Waals surface area (Å²) in [6.45, 7) is 5.49. The van der Waals surface area contributed by atoms with Crippen LogP contribution in [-0.2, 0) is 12.7 Å². The first-order valence-electron chi connectivity index (χ1n) is 6.68. The molecule has 20 heavy (non-hydrogen) atoms. The van der Waals surface area contributed by atoms with Crippen molar-refractivity contribution >= 4 is 0 Å². The lowest BCUT2D eigenvalue weighted by Crippen LogP contribution is -2.38. The van der Waals surface area contributed by atoms with Crippen molar-refractivity contribution in [3.8, 4) is 0 Å². The molecule has 7 heteroatoms. The summed E-state index contributed by atoms with van der Waals surface area (Å²) in [6.07, 6.45) is -3.56. The summed E-state index contributed by atoms with van der Waals surface area (Å²) in [5.74, 6) is 0.0888. The molecule has 0 bridgehead atoms. The molecule has 0 amide bonds. The molecule has 0 radical (unpaired) electrons. The zero-order chi connectivity index (χ0) is 15.1. The molecule has 1 fully saturated rings. The number of likely N-dealkylation sites (N-methyl/N-ethyl adjacent to an activating group) is 1. The van der Waals surface area contributed by atoms with Gasteiger partial charge in [0.05, 0.1) is 6.54 Å². The predicted molar refractivity (Wildman–Crippen MR) is 70.4 cm³/mol. The van der Waals surface area contributed by atoms with Crippen LogP contribution in [0.5, 0.6) is 0 Å². The highest BCUT2D eigenvalue weighted by Crippen LogP contribution is 2.33. The maximum absolute atomic E-state index is 12.9. The fraction of sp³-hybridized carbons (Fsp3) is 0.769. The number of rotatable bonds is 3. The number of nitrogens with zero attached hydrogens (tertiary/aromatic N) is 3. The van der Waals surface area contributed by atoms with Crippen LogP contribution in [0.25, 0.3) is 0 Å². The smallest absolute Gasteiger partial charge is 0.324 e. The van der Waals surface area contributed by atoms with Crippen LogP contribution in [0.4, 0.5) is 13.2 Å². The average molecular weight is 290 g/mol. The molecule has 1 aromatic rings. The Labute approximate surface area is 116 Å². The lowest BCUT2D eigenvalue weighted by Gasteiger charge is -2.21. The van der Waals surface area contributed by atoms with Crippen molar-refractivity contribution in [3.63, 3.8) is 0 Å². The lowest BCUT2D eigenvalue weighted by atomic mass is 10.0. The van der Waals surface area contributed by atoms with E-state index < -0.39 is 17.4 Å². The van der Waals surface area contributed by atoms with Crippen LogP contribution >= 0.6 is 0 Å². The van der Waals surface area contributed by atoms with Gasteiger partial charge in [0.1, 0.15) is 0 Å². The fourth-order valence-electron chi connectivity index (χ4n) is 2.59. The molecule has 0 aromatic carbocycles. The predicted octanol–water partition coefficient (Wildman–Crippen LogP) is 2.06. The summed E-state index contributed by atoms with van der Waals surface area (Å²) < 4.78 is 40.0. The van der Waals surface area contributed by atoms with Crippen molar-refractivity contribution in [2.75, 3.05) is 20.1 Å². The number of hydrogen-bond donors (Lipinski definition) is 1. The summed E-state index contributed by atoms with van der Waals surface area (Å²) in [6, 6.07) is 1.18. The summed E-state index contributed by atoms with van der Waals surface area (Å²) >= 11 is 0. The molecule has 0 saturated carbocycles.